The number of ether oxygens (including phenoxy) is 3. The van der Waals surface area contributed by atoms with Crippen molar-refractivity contribution in [2.24, 2.45) is 0 Å². The Balaban J connectivity index is 1.46. The minimum atomic E-state index is -4.45. The molecule has 1 fully saturated rings. The largest absolute Gasteiger partial charge is 0.486 e. The number of hydrogen-bond donors (Lipinski definition) is 0. The topological polar surface area (TPSA) is 120 Å². The van der Waals surface area contributed by atoms with Crippen molar-refractivity contribution in [2.75, 3.05) is 46.0 Å². The molecule has 2 aliphatic heterocycles. The molecular weight excluding hydrogens is 534 g/mol. The second kappa shape index (κ2) is 10.9. The Hall–Kier alpha value is -2.81. The standard InChI is InChI=1S/C23H26F2N2O8S2/c1-2-33-23(28)6-3-16-13-19(25)22(15-18(16)24)37(31,32)27-9-7-26(8-10-27)36(29,30)17-4-5-20-21(14-17)35-12-11-34-20/h4-5,13-15H,2-3,6-12H2,1H3. The Morgan fingerprint density at radius 2 is 1.51 bits per heavy atom. The lowest BCUT2D eigenvalue weighted by Crippen LogP contribution is -2.50. The van der Waals surface area contributed by atoms with Gasteiger partial charge in [0.1, 0.15) is 29.7 Å². The lowest BCUT2D eigenvalue weighted by molar-refractivity contribution is -0.143. The Morgan fingerprint density at radius 1 is 0.892 bits per heavy atom. The zero-order valence-electron chi connectivity index (χ0n) is 20.0. The summed E-state index contributed by atoms with van der Waals surface area (Å²) in [4.78, 5) is 10.6. The van der Waals surface area contributed by atoms with E-state index >= 15 is 0 Å². The van der Waals surface area contributed by atoms with Gasteiger partial charge >= 0.3 is 5.97 Å². The van der Waals surface area contributed by atoms with E-state index < -0.39 is 42.5 Å². The summed E-state index contributed by atoms with van der Waals surface area (Å²) in [7, 11) is -8.41. The van der Waals surface area contributed by atoms with Gasteiger partial charge in [0, 0.05) is 38.7 Å². The van der Waals surface area contributed by atoms with Gasteiger partial charge in [-0.05, 0) is 43.2 Å². The predicted molar refractivity (Wildman–Crippen MR) is 126 cm³/mol. The fraction of sp³-hybridized carbons (Fsp3) is 0.435. The number of hydrogen-bond acceptors (Lipinski definition) is 8. The van der Waals surface area contributed by atoms with E-state index in [9.17, 15) is 30.4 Å². The maximum atomic E-state index is 14.8. The predicted octanol–water partition coefficient (Wildman–Crippen LogP) is 1.93. The SMILES string of the molecule is CCOC(=O)CCc1cc(F)c(S(=O)(=O)N2CCN(S(=O)(=O)c3ccc4c(c3)OCCO4)CC2)cc1F. The summed E-state index contributed by atoms with van der Waals surface area (Å²) >= 11 is 0. The van der Waals surface area contributed by atoms with E-state index in [0.29, 0.717) is 24.2 Å². The summed E-state index contributed by atoms with van der Waals surface area (Å²) in [5.74, 6) is -1.97. The summed E-state index contributed by atoms with van der Waals surface area (Å²) in [6.07, 6.45) is -0.339. The summed E-state index contributed by atoms with van der Waals surface area (Å²) in [6, 6.07) is 5.57. The highest BCUT2D eigenvalue weighted by Gasteiger charge is 2.36. The molecule has 2 aromatic rings. The molecule has 37 heavy (non-hydrogen) atoms. The quantitative estimate of drug-likeness (QED) is 0.450. The number of esters is 1. The normalized spacial score (nSPS) is 16.9. The molecule has 0 bridgehead atoms. The number of halogens is 2. The van der Waals surface area contributed by atoms with Crippen LogP contribution in [-0.4, -0.2) is 77.4 Å². The average Bonchev–Trinajstić information content (AvgIpc) is 2.88. The van der Waals surface area contributed by atoms with Gasteiger partial charge < -0.3 is 14.2 Å². The number of sulfonamides is 2. The molecule has 14 heteroatoms. The van der Waals surface area contributed by atoms with Gasteiger partial charge in [-0.1, -0.05) is 0 Å². The average molecular weight is 561 g/mol. The minimum Gasteiger partial charge on any atom is -0.486 e. The van der Waals surface area contributed by atoms with Crippen molar-refractivity contribution in [3.8, 4) is 11.5 Å². The van der Waals surface area contributed by atoms with Crippen LogP contribution in [0.3, 0.4) is 0 Å². The molecule has 0 N–H and O–H groups in total. The first kappa shape index (κ1) is 27.2. The molecule has 0 atom stereocenters. The molecule has 0 aromatic heterocycles. The zero-order valence-corrected chi connectivity index (χ0v) is 21.6. The Labute approximate surface area is 213 Å². The van der Waals surface area contributed by atoms with E-state index in [1.165, 1.54) is 18.2 Å². The van der Waals surface area contributed by atoms with Crippen LogP contribution in [0.15, 0.2) is 40.1 Å². The van der Waals surface area contributed by atoms with Crippen molar-refractivity contribution >= 4 is 26.0 Å². The van der Waals surface area contributed by atoms with Crippen molar-refractivity contribution < 1.29 is 44.6 Å². The molecule has 2 aromatic carbocycles. The summed E-state index contributed by atoms with van der Waals surface area (Å²) in [5.41, 5.74) is -0.153. The van der Waals surface area contributed by atoms with Gasteiger partial charge in [0.15, 0.2) is 11.5 Å². The molecule has 0 unspecified atom stereocenters. The van der Waals surface area contributed by atoms with Crippen molar-refractivity contribution in [3.05, 3.63) is 47.5 Å². The summed E-state index contributed by atoms with van der Waals surface area (Å²) in [6.45, 7) is 1.54. The molecule has 0 radical (unpaired) electrons. The molecule has 2 aliphatic rings. The van der Waals surface area contributed by atoms with Crippen LogP contribution in [0.5, 0.6) is 11.5 Å². The van der Waals surface area contributed by atoms with Crippen LogP contribution in [0.1, 0.15) is 18.9 Å². The van der Waals surface area contributed by atoms with Crippen LogP contribution in [0.4, 0.5) is 8.78 Å². The number of carbonyl (C=O) groups excluding carboxylic acids is 1. The first-order chi connectivity index (χ1) is 17.5. The molecule has 0 saturated carbocycles. The van der Waals surface area contributed by atoms with E-state index in [4.69, 9.17) is 14.2 Å². The van der Waals surface area contributed by atoms with E-state index in [2.05, 4.69) is 0 Å². The Morgan fingerprint density at radius 3 is 2.16 bits per heavy atom. The number of rotatable bonds is 8. The van der Waals surface area contributed by atoms with Crippen LogP contribution in [-0.2, 0) is 36.0 Å². The van der Waals surface area contributed by atoms with Gasteiger partial charge in [-0.2, -0.15) is 8.61 Å². The highest BCUT2D eigenvalue weighted by molar-refractivity contribution is 7.89. The van der Waals surface area contributed by atoms with Crippen LogP contribution in [0, 0.1) is 11.6 Å². The van der Waals surface area contributed by atoms with Gasteiger partial charge in [0.25, 0.3) is 0 Å². The molecule has 10 nitrogen and oxygen atoms in total. The number of fused-ring (bicyclic) bond motifs is 1. The highest BCUT2D eigenvalue weighted by Crippen LogP contribution is 2.33. The van der Waals surface area contributed by atoms with E-state index in [1.54, 1.807) is 6.92 Å². The van der Waals surface area contributed by atoms with Gasteiger partial charge in [-0.3, -0.25) is 4.79 Å². The third-order valence-corrected chi connectivity index (χ3v) is 9.78. The first-order valence-electron chi connectivity index (χ1n) is 11.6. The minimum absolute atomic E-state index is 0.0282. The van der Waals surface area contributed by atoms with E-state index in [0.717, 1.165) is 14.7 Å². The molecule has 1 saturated heterocycles. The summed E-state index contributed by atoms with van der Waals surface area (Å²) in [5, 5.41) is 0. The third-order valence-electron chi connectivity index (χ3n) is 5.97. The number of aryl methyl sites for hydroxylation is 1. The molecule has 0 aliphatic carbocycles. The van der Waals surface area contributed by atoms with Gasteiger partial charge in [-0.15, -0.1) is 0 Å². The van der Waals surface area contributed by atoms with Crippen LogP contribution < -0.4 is 9.47 Å². The second-order valence-corrected chi connectivity index (χ2v) is 12.1. The zero-order chi connectivity index (χ0) is 26.8. The Bertz CT molecular complexity index is 1390. The molecule has 0 amide bonds. The molecular formula is C23H26F2N2O8S2. The van der Waals surface area contributed by atoms with Gasteiger partial charge in [-0.25, -0.2) is 25.6 Å². The monoisotopic (exact) mass is 560 g/mol. The maximum absolute atomic E-state index is 14.8. The van der Waals surface area contributed by atoms with Crippen molar-refractivity contribution in [3.63, 3.8) is 0 Å². The van der Waals surface area contributed by atoms with Crippen molar-refractivity contribution in [1.29, 1.82) is 0 Å². The van der Waals surface area contributed by atoms with Crippen LogP contribution >= 0.6 is 0 Å². The van der Waals surface area contributed by atoms with Crippen molar-refractivity contribution in [1.82, 2.24) is 8.61 Å². The Kier molecular flexibility index (Phi) is 8.02. The fourth-order valence-electron chi connectivity index (χ4n) is 4.05. The van der Waals surface area contributed by atoms with E-state index in [1.807, 2.05) is 0 Å². The van der Waals surface area contributed by atoms with Crippen LogP contribution in [0.2, 0.25) is 0 Å². The number of piperazine rings is 1. The summed E-state index contributed by atoms with van der Waals surface area (Å²) < 4.78 is 99.3. The van der Waals surface area contributed by atoms with E-state index in [-0.39, 0.29) is 62.7 Å². The highest BCUT2D eigenvalue weighted by atomic mass is 32.2. The van der Waals surface area contributed by atoms with Gasteiger partial charge in [0.2, 0.25) is 20.0 Å². The molecule has 4 rings (SSSR count). The maximum Gasteiger partial charge on any atom is 0.306 e. The third kappa shape index (κ3) is 5.71. The van der Waals surface area contributed by atoms with Crippen LogP contribution in [0.25, 0.3) is 0 Å². The number of carbonyl (C=O) groups is 1. The number of benzene rings is 2. The smallest absolute Gasteiger partial charge is 0.306 e. The van der Waals surface area contributed by atoms with Gasteiger partial charge in [0.05, 0.1) is 11.5 Å². The molecule has 0 spiro atoms. The molecule has 202 valence electrons. The lowest BCUT2D eigenvalue weighted by Gasteiger charge is -2.33. The van der Waals surface area contributed by atoms with Crippen molar-refractivity contribution in [2.45, 2.75) is 29.6 Å². The lowest BCUT2D eigenvalue weighted by atomic mass is 10.1. The fourth-order valence-corrected chi connectivity index (χ4v) is 6.97. The second-order valence-electron chi connectivity index (χ2n) is 8.29. The molecule has 2 heterocycles. The first-order valence-corrected chi connectivity index (χ1v) is 14.5. The number of nitrogens with zero attached hydrogens (tertiary/aromatic N) is 2.